The van der Waals surface area contributed by atoms with Crippen molar-refractivity contribution in [3.8, 4) is 5.69 Å². The maximum Gasteiger partial charge on any atom is 0.243 e. The molecule has 1 aromatic carbocycles. The van der Waals surface area contributed by atoms with E-state index >= 15 is 0 Å². The maximum absolute atomic E-state index is 12.4. The Morgan fingerprint density at radius 3 is 3.00 bits per heavy atom. The highest BCUT2D eigenvalue weighted by Gasteiger charge is 2.28. The summed E-state index contributed by atoms with van der Waals surface area (Å²) in [7, 11) is 0. The third kappa shape index (κ3) is 2.79. The van der Waals surface area contributed by atoms with E-state index in [1.807, 2.05) is 24.3 Å². The average molecular weight is 323 g/mol. The van der Waals surface area contributed by atoms with Gasteiger partial charge >= 0.3 is 0 Å². The van der Waals surface area contributed by atoms with Gasteiger partial charge in [-0.2, -0.15) is 5.10 Å². The fourth-order valence-corrected chi connectivity index (χ4v) is 2.83. The van der Waals surface area contributed by atoms with E-state index in [0.717, 1.165) is 35.6 Å². The summed E-state index contributed by atoms with van der Waals surface area (Å²) < 4.78 is 1.69. The molecule has 0 aliphatic carbocycles. The van der Waals surface area contributed by atoms with E-state index in [1.54, 1.807) is 17.3 Å². The minimum Gasteiger partial charge on any atom is -0.350 e. The van der Waals surface area contributed by atoms with Gasteiger partial charge in [0.15, 0.2) is 0 Å². The molecule has 122 valence electrons. The molecular weight excluding hydrogens is 306 g/mol. The van der Waals surface area contributed by atoms with Crippen LogP contribution in [0.4, 0.5) is 0 Å². The summed E-state index contributed by atoms with van der Waals surface area (Å²) in [6.07, 6.45) is 5.64. The molecule has 8 nitrogen and oxygen atoms in total. The molecular formula is C16H17N7O. The maximum atomic E-state index is 12.4. The summed E-state index contributed by atoms with van der Waals surface area (Å²) in [4.78, 5) is 23.7. The zero-order chi connectivity index (χ0) is 16.4. The molecule has 0 radical (unpaired) electrons. The molecule has 3 heterocycles. The van der Waals surface area contributed by atoms with Crippen LogP contribution in [0.2, 0.25) is 0 Å². The molecule has 8 heteroatoms. The zero-order valence-electron chi connectivity index (χ0n) is 12.9. The van der Waals surface area contributed by atoms with Gasteiger partial charge in [-0.15, -0.1) is 0 Å². The van der Waals surface area contributed by atoms with Gasteiger partial charge in [0.1, 0.15) is 18.7 Å². The van der Waals surface area contributed by atoms with Crippen LogP contribution in [0, 0.1) is 0 Å². The lowest BCUT2D eigenvalue weighted by atomic mass is 10.0. The third-order valence-electron chi connectivity index (χ3n) is 4.10. The lowest BCUT2D eigenvalue weighted by Crippen LogP contribution is -2.41. The van der Waals surface area contributed by atoms with Crippen molar-refractivity contribution < 1.29 is 4.79 Å². The summed E-state index contributed by atoms with van der Waals surface area (Å²) in [5, 5.41) is 10.3. The summed E-state index contributed by atoms with van der Waals surface area (Å²) in [5.74, 6) is -0.0663. The Bertz CT molecular complexity index is 823. The number of fused-ring (bicyclic) bond motifs is 1. The molecule has 24 heavy (non-hydrogen) atoms. The lowest BCUT2D eigenvalue weighted by Gasteiger charge is -2.22. The molecule has 4 rings (SSSR count). The van der Waals surface area contributed by atoms with Crippen LogP contribution >= 0.6 is 0 Å². The van der Waals surface area contributed by atoms with Crippen LogP contribution in [0.5, 0.6) is 0 Å². The second-order valence-corrected chi connectivity index (χ2v) is 5.63. The number of imidazole rings is 1. The number of amides is 1. The number of rotatable bonds is 4. The predicted molar refractivity (Wildman–Crippen MR) is 86.2 cm³/mol. The van der Waals surface area contributed by atoms with Crippen LogP contribution < -0.4 is 10.6 Å². The summed E-state index contributed by atoms with van der Waals surface area (Å²) in [5.41, 5.74) is 3.77. The third-order valence-corrected chi connectivity index (χ3v) is 4.10. The second kappa shape index (κ2) is 6.25. The molecule has 0 saturated carbocycles. The quantitative estimate of drug-likeness (QED) is 0.649. The molecule has 3 aromatic rings. The Morgan fingerprint density at radius 2 is 2.21 bits per heavy atom. The second-order valence-electron chi connectivity index (χ2n) is 5.63. The van der Waals surface area contributed by atoms with E-state index in [-0.39, 0.29) is 5.91 Å². The fraction of sp³-hybridized carbons (Fsp3) is 0.250. The van der Waals surface area contributed by atoms with Gasteiger partial charge in [-0.05, 0) is 17.7 Å². The van der Waals surface area contributed by atoms with Gasteiger partial charge in [-0.1, -0.05) is 12.1 Å². The molecule has 1 aliphatic rings. The number of H-pyrrole nitrogens is 1. The van der Waals surface area contributed by atoms with Crippen molar-refractivity contribution in [1.29, 1.82) is 0 Å². The van der Waals surface area contributed by atoms with Crippen molar-refractivity contribution in [2.45, 2.75) is 19.0 Å². The summed E-state index contributed by atoms with van der Waals surface area (Å²) in [6, 6.07) is 7.42. The first-order valence-electron chi connectivity index (χ1n) is 7.78. The van der Waals surface area contributed by atoms with Crippen LogP contribution in [0.1, 0.15) is 23.0 Å². The first-order valence-corrected chi connectivity index (χ1v) is 7.78. The molecule has 0 bridgehead atoms. The van der Waals surface area contributed by atoms with Crippen molar-refractivity contribution in [3.63, 3.8) is 0 Å². The van der Waals surface area contributed by atoms with E-state index in [1.165, 1.54) is 6.33 Å². The molecule has 3 N–H and O–H groups in total. The van der Waals surface area contributed by atoms with Gasteiger partial charge in [-0.25, -0.2) is 14.6 Å². The van der Waals surface area contributed by atoms with Gasteiger partial charge in [0, 0.05) is 25.2 Å². The van der Waals surface area contributed by atoms with Gasteiger partial charge < -0.3 is 15.6 Å². The monoisotopic (exact) mass is 323 g/mol. The minimum absolute atomic E-state index is 0.0663. The molecule has 0 fully saturated rings. The number of hydrogen-bond donors (Lipinski definition) is 3. The van der Waals surface area contributed by atoms with Crippen LogP contribution in [0.3, 0.4) is 0 Å². The SMILES string of the molecule is O=C(NCc1ccc(-n2cncn2)cc1)[C@@H]1NCCc2[nH]cnc21. The normalized spacial score (nSPS) is 16.6. The largest absolute Gasteiger partial charge is 0.350 e. The Labute approximate surface area is 138 Å². The van der Waals surface area contributed by atoms with Crippen molar-refractivity contribution in [1.82, 2.24) is 35.4 Å². The smallest absolute Gasteiger partial charge is 0.243 e. The molecule has 1 amide bonds. The Morgan fingerprint density at radius 1 is 1.33 bits per heavy atom. The number of aromatic amines is 1. The van der Waals surface area contributed by atoms with Crippen LogP contribution in [-0.2, 0) is 17.8 Å². The number of aromatic nitrogens is 5. The topological polar surface area (TPSA) is 101 Å². The van der Waals surface area contributed by atoms with Crippen molar-refractivity contribution in [2.75, 3.05) is 6.54 Å². The highest BCUT2D eigenvalue weighted by molar-refractivity contribution is 5.83. The Hall–Kier alpha value is -3.00. The number of hydrogen-bond acceptors (Lipinski definition) is 5. The Balaban J connectivity index is 1.40. The van der Waals surface area contributed by atoms with Gasteiger partial charge in [0.2, 0.25) is 5.91 Å². The highest BCUT2D eigenvalue weighted by atomic mass is 16.2. The molecule has 2 aromatic heterocycles. The van der Waals surface area contributed by atoms with Crippen molar-refractivity contribution in [3.05, 3.63) is 60.2 Å². The number of nitrogens with one attached hydrogen (secondary N) is 3. The standard InChI is InChI=1S/C16H17N7O/c24-16(15-14-13(5-6-18-15)20-9-21-14)19-7-11-1-3-12(4-2-11)23-10-17-8-22-23/h1-4,8-10,15,18H,5-7H2,(H,19,24)(H,20,21)/t15-/m1/s1. The first-order chi connectivity index (χ1) is 11.8. The Kier molecular flexibility index (Phi) is 3.80. The van der Waals surface area contributed by atoms with Crippen molar-refractivity contribution >= 4 is 5.91 Å². The number of carbonyl (C=O) groups is 1. The molecule has 0 saturated heterocycles. The van der Waals surface area contributed by atoms with Crippen molar-refractivity contribution in [2.24, 2.45) is 0 Å². The van der Waals surface area contributed by atoms with Crippen LogP contribution in [-0.4, -0.2) is 37.2 Å². The van der Waals surface area contributed by atoms with Crippen LogP contribution in [0.25, 0.3) is 5.69 Å². The highest BCUT2D eigenvalue weighted by Crippen LogP contribution is 2.19. The summed E-state index contributed by atoms with van der Waals surface area (Å²) >= 11 is 0. The minimum atomic E-state index is -0.394. The van der Waals surface area contributed by atoms with E-state index in [9.17, 15) is 4.79 Å². The number of nitrogens with zero attached hydrogens (tertiary/aromatic N) is 4. The van der Waals surface area contributed by atoms with E-state index in [2.05, 4.69) is 30.7 Å². The summed E-state index contributed by atoms with van der Waals surface area (Å²) in [6.45, 7) is 1.23. The number of carbonyl (C=O) groups excluding carboxylic acids is 1. The fourth-order valence-electron chi connectivity index (χ4n) is 2.83. The van der Waals surface area contributed by atoms with E-state index < -0.39 is 6.04 Å². The van der Waals surface area contributed by atoms with Gasteiger partial charge in [-0.3, -0.25) is 4.79 Å². The molecule has 0 unspecified atom stereocenters. The first kappa shape index (κ1) is 14.6. The molecule has 0 spiro atoms. The predicted octanol–water partition coefficient (Wildman–Crippen LogP) is 0.494. The van der Waals surface area contributed by atoms with Gasteiger partial charge in [0.05, 0.1) is 17.7 Å². The van der Waals surface area contributed by atoms with Gasteiger partial charge in [0.25, 0.3) is 0 Å². The molecule has 1 aliphatic heterocycles. The van der Waals surface area contributed by atoms with E-state index in [4.69, 9.17) is 0 Å². The van der Waals surface area contributed by atoms with E-state index in [0.29, 0.717) is 6.54 Å². The van der Waals surface area contributed by atoms with Crippen LogP contribution in [0.15, 0.2) is 43.2 Å². The average Bonchev–Trinajstić information content (AvgIpc) is 3.31. The zero-order valence-corrected chi connectivity index (χ0v) is 12.9. The lowest BCUT2D eigenvalue weighted by molar-refractivity contribution is -0.123. The number of benzene rings is 1. The molecule has 1 atom stereocenters.